The number of fused-ring (bicyclic) bond motifs is 6. The average molecular weight is 593 g/mol. The summed E-state index contributed by atoms with van der Waals surface area (Å²) in [6.07, 6.45) is 0. The van der Waals surface area contributed by atoms with Gasteiger partial charge < -0.3 is 9.32 Å². The highest BCUT2D eigenvalue weighted by molar-refractivity contribution is 6.19. The molecule has 9 aromatic rings. The molecule has 0 N–H and O–H groups in total. The van der Waals surface area contributed by atoms with E-state index < -0.39 is 6.04 Å². The summed E-state index contributed by atoms with van der Waals surface area (Å²) >= 11 is 0. The third kappa shape index (κ3) is 4.43. The van der Waals surface area contributed by atoms with Gasteiger partial charge in [-0.05, 0) is 93.0 Å². The Kier molecular flexibility index (Phi) is 5.06. The van der Waals surface area contributed by atoms with E-state index in [1.54, 1.807) is 0 Å². The van der Waals surface area contributed by atoms with Crippen LogP contribution in [0.5, 0.6) is 0 Å². The van der Waals surface area contributed by atoms with E-state index in [9.17, 15) is 0 Å². The molecule has 0 atom stereocenters. The predicted octanol–water partition coefficient (Wildman–Crippen LogP) is 12.7. The Morgan fingerprint density at radius 3 is 1.93 bits per heavy atom. The van der Waals surface area contributed by atoms with E-state index in [0.717, 1.165) is 49.7 Å². The molecule has 0 radical (unpaired) electrons. The lowest BCUT2D eigenvalue weighted by atomic mass is 9.95. The zero-order chi connectivity index (χ0) is 34.8. The van der Waals surface area contributed by atoms with E-state index >= 15 is 0 Å². The molecule has 0 fully saturated rings. The van der Waals surface area contributed by atoms with Crippen LogP contribution in [0.25, 0.3) is 65.7 Å². The molecule has 0 bridgehead atoms. The van der Waals surface area contributed by atoms with Crippen LogP contribution < -0.4 is 4.90 Å². The number of furan rings is 1. The number of rotatable bonds is 5. The van der Waals surface area contributed by atoms with Crippen LogP contribution in [0.1, 0.15) is 6.85 Å². The number of hydrogen-bond donors (Lipinski definition) is 0. The molecule has 8 aromatic carbocycles. The number of nitrogens with zero attached hydrogens (tertiary/aromatic N) is 1. The van der Waals surface area contributed by atoms with Crippen molar-refractivity contribution in [3.63, 3.8) is 0 Å². The first kappa shape index (κ1) is 21.6. The second kappa shape index (κ2) is 10.8. The van der Waals surface area contributed by atoms with Crippen molar-refractivity contribution in [2.75, 3.05) is 4.90 Å². The third-order valence-corrected chi connectivity index (χ3v) is 8.71. The minimum absolute atomic E-state index is 0.176. The van der Waals surface area contributed by atoms with Crippen LogP contribution >= 0.6 is 0 Å². The minimum Gasteiger partial charge on any atom is -0.455 e. The predicted molar refractivity (Wildman–Crippen MR) is 194 cm³/mol. The Hall–Kier alpha value is -6.12. The quantitative estimate of drug-likeness (QED) is 0.198. The monoisotopic (exact) mass is 592 g/mol. The molecule has 0 aliphatic carbocycles. The van der Waals surface area contributed by atoms with Crippen LogP contribution in [-0.4, -0.2) is 0 Å². The summed E-state index contributed by atoms with van der Waals surface area (Å²) in [5, 5.41) is 5.64. The van der Waals surface area contributed by atoms with Gasteiger partial charge >= 0.3 is 0 Å². The van der Waals surface area contributed by atoms with E-state index in [0.29, 0.717) is 16.7 Å². The largest absolute Gasteiger partial charge is 0.455 e. The molecule has 9 rings (SSSR count). The maximum Gasteiger partial charge on any atom is 0.143 e. The Morgan fingerprint density at radius 2 is 1.11 bits per heavy atom. The number of para-hydroxylation sites is 1. The van der Waals surface area contributed by atoms with Crippen molar-refractivity contribution in [1.29, 1.82) is 0 Å². The maximum absolute atomic E-state index is 8.72. The summed E-state index contributed by atoms with van der Waals surface area (Å²) in [6.45, 7) is 0. The first-order chi connectivity index (χ1) is 24.9. The lowest BCUT2D eigenvalue weighted by Gasteiger charge is -2.26. The lowest BCUT2D eigenvalue weighted by Crippen LogP contribution is -2.09. The van der Waals surface area contributed by atoms with Gasteiger partial charge in [0.05, 0.1) is 6.85 Å². The van der Waals surface area contributed by atoms with Gasteiger partial charge in [0.2, 0.25) is 0 Å². The number of hydrogen-bond acceptors (Lipinski definition) is 2. The van der Waals surface area contributed by atoms with Crippen molar-refractivity contribution in [2.24, 2.45) is 0 Å². The summed E-state index contributed by atoms with van der Waals surface area (Å²) in [4.78, 5) is 2.26. The van der Waals surface area contributed by atoms with Gasteiger partial charge in [-0.2, -0.15) is 0 Å². The van der Waals surface area contributed by atoms with Gasteiger partial charge in [0.15, 0.2) is 0 Å². The summed E-state index contributed by atoms with van der Waals surface area (Å²) in [6, 6.07) is 47.9. The maximum atomic E-state index is 8.72. The van der Waals surface area contributed by atoms with Crippen LogP contribution in [0, 0.1) is 0 Å². The topological polar surface area (TPSA) is 16.4 Å². The number of benzene rings is 8. The smallest absolute Gasteiger partial charge is 0.143 e. The van der Waals surface area contributed by atoms with Crippen molar-refractivity contribution >= 4 is 60.5 Å². The molecule has 0 spiro atoms. The molecule has 0 aliphatic rings. The van der Waals surface area contributed by atoms with Gasteiger partial charge in [0.25, 0.3) is 0 Å². The lowest BCUT2D eigenvalue weighted by molar-refractivity contribution is 0.673. The highest BCUT2D eigenvalue weighted by atomic mass is 16.3. The molecule has 1 heterocycles. The molecule has 1 aromatic heterocycles. The van der Waals surface area contributed by atoms with Crippen molar-refractivity contribution in [3.8, 4) is 22.3 Å². The number of anilines is 3. The van der Waals surface area contributed by atoms with Crippen molar-refractivity contribution in [2.45, 2.75) is 0 Å². The Labute approximate surface area is 274 Å². The van der Waals surface area contributed by atoms with Crippen molar-refractivity contribution in [3.05, 3.63) is 176 Å². The van der Waals surface area contributed by atoms with Gasteiger partial charge in [-0.15, -0.1) is 0 Å². The summed E-state index contributed by atoms with van der Waals surface area (Å²) in [5.41, 5.74) is 7.36. The van der Waals surface area contributed by atoms with Gasteiger partial charge in [0, 0.05) is 33.2 Å². The molecule has 46 heavy (non-hydrogen) atoms. The summed E-state index contributed by atoms with van der Waals surface area (Å²) in [7, 11) is 0. The van der Waals surface area contributed by atoms with Crippen molar-refractivity contribution < 1.29 is 11.3 Å². The fourth-order valence-corrected chi connectivity index (χ4v) is 6.51. The summed E-state index contributed by atoms with van der Waals surface area (Å²) < 4.78 is 48.7. The zero-order valence-corrected chi connectivity index (χ0v) is 24.7. The highest BCUT2D eigenvalue weighted by Gasteiger charge is 2.16. The fraction of sp³-hybridized carbons (Fsp3) is 0. The normalized spacial score (nSPS) is 13.0. The summed E-state index contributed by atoms with van der Waals surface area (Å²) in [5.74, 6) is 0. The van der Waals surface area contributed by atoms with Crippen LogP contribution in [0.2, 0.25) is 0 Å². The van der Waals surface area contributed by atoms with Crippen LogP contribution in [0.3, 0.4) is 0 Å². The molecule has 0 saturated carbocycles. The molecular formula is C44H29NO. The minimum atomic E-state index is -0.410. The van der Waals surface area contributed by atoms with Gasteiger partial charge in [-0.25, -0.2) is 0 Å². The second-order valence-electron chi connectivity index (χ2n) is 11.4. The van der Waals surface area contributed by atoms with Crippen molar-refractivity contribution in [1.82, 2.24) is 0 Å². The zero-order valence-electron chi connectivity index (χ0n) is 29.7. The SMILES string of the molecule is [2H]c1c([2H])c([2H])c(-c2cc3c4cc(-c5ccc(N(c6ccccc6)c6ccc7ccccc7c6)cc5)ccc4oc3c3ccccc23)c([2H])c1[2H]. The molecule has 0 unspecified atom stereocenters. The molecule has 0 aliphatic heterocycles. The van der Waals surface area contributed by atoms with E-state index in [-0.39, 0.29) is 29.7 Å². The molecule has 2 nitrogen and oxygen atoms in total. The molecule has 0 amide bonds. The first-order valence-electron chi connectivity index (χ1n) is 17.8. The van der Waals surface area contributed by atoms with Crippen LogP contribution in [0.15, 0.2) is 180 Å². The average Bonchev–Trinajstić information content (AvgIpc) is 3.55. The van der Waals surface area contributed by atoms with E-state index in [1.165, 1.54) is 10.8 Å². The Bertz CT molecular complexity index is 2780. The molecular weight excluding hydrogens is 558 g/mol. The fourth-order valence-electron chi connectivity index (χ4n) is 6.51. The van der Waals surface area contributed by atoms with Gasteiger partial charge in [0.1, 0.15) is 11.2 Å². The standard InChI is InChI=1S/C44H29NO/c1-3-12-32(13-4-1)40-29-42-41-28-34(22-26-43(41)46-44(42)39-18-10-9-17-38(39)40)31-19-23-36(24-20-31)45(35-15-5-2-6-16-35)37-25-21-30-11-7-8-14-33(30)27-37/h1-29H/i1D,3D,4D,12D,13D. The molecule has 2 heteroatoms. The van der Waals surface area contributed by atoms with Crippen LogP contribution in [-0.2, 0) is 0 Å². The molecule has 216 valence electrons. The van der Waals surface area contributed by atoms with E-state index in [2.05, 4.69) is 108 Å². The third-order valence-electron chi connectivity index (χ3n) is 8.71. The molecule has 0 saturated heterocycles. The Balaban J connectivity index is 1.18. The second-order valence-corrected chi connectivity index (χ2v) is 11.4. The van der Waals surface area contributed by atoms with Gasteiger partial charge in [-0.1, -0.05) is 121 Å². The first-order valence-corrected chi connectivity index (χ1v) is 15.3. The van der Waals surface area contributed by atoms with Crippen LogP contribution in [0.4, 0.5) is 17.1 Å². The van der Waals surface area contributed by atoms with E-state index in [4.69, 9.17) is 11.3 Å². The van der Waals surface area contributed by atoms with Gasteiger partial charge in [-0.3, -0.25) is 0 Å². The Morgan fingerprint density at radius 1 is 0.435 bits per heavy atom. The van der Waals surface area contributed by atoms with E-state index in [1.807, 2.05) is 42.5 Å². The highest BCUT2D eigenvalue weighted by Crippen LogP contribution is 2.41.